The summed E-state index contributed by atoms with van der Waals surface area (Å²) in [6.07, 6.45) is 0.467. The summed E-state index contributed by atoms with van der Waals surface area (Å²) >= 11 is 0. The molecule has 0 amide bonds. The van der Waals surface area contributed by atoms with E-state index in [-0.39, 0.29) is 6.61 Å². The number of aromatic nitrogens is 2. The minimum Gasteiger partial charge on any atom is -0.494 e. The van der Waals surface area contributed by atoms with Gasteiger partial charge in [0.2, 0.25) is 0 Å². The first-order valence-corrected chi connectivity index (χ1v) is 5.17. The number of benzene rings is 1. The summed E-state index contributed by atoms with van der Waals surface area (Å²) in [5.74, 6) is 1.39. The average molecular weight is 218 g/mol. The van der Waals surface area contributed by atoms with E-state index in [1.54, 1.807) is 7.11 Å². The molecule has 2 aromatic rings. The summed E-state index contributed by atoms with van der Waals surface area (Å²) in [5.41, 5.74) is 1.72. The summed E-state index contributed by atoms with van der Waals surface area (Å²) in [7, 11) is 1.62. The van der Waals surface area contributed by atoms with Crippen LogP contribution in [0.15, 0.2) is 18.2 Å². The van der Waals surface area contributed by atoms with Crippen LogP contribution in [-0.4, -0.2) is 28.8 Å². The molecule has 1 aromatic heterocycles. The largest absolute Gasteiger partial charge is 0.494 e. The molecule has 0 unspecified atom stereocenters. The Balaban J connectivity index is 2.67. The molecule has 0 saturated carbocycles. The lowest BCUT2D eigenvalue weighted by Crippen LogP contribution is -2.02. The Labute approximate surface area is 93.9 Å². The van der Waals surface area contributed by atoms with E-state index in [0.29, 0.717) is 12.2 Å². The van der Waals surface area contributed by atoms with Gasteiger partial charge in [0, 0.05) is 17.5 Å². The van der Waals surface area contributed by atoms with E-state index in [2.05, 4.69) is 9.97 Å². The smallest absolute Gasteiger partial charge is 0.145 e. The fourth-order valence-corrected chi connectivity index (χ4v) is 1.71. The van der Waals surface area contributed by atoms with E-state index in [1.165, 1.54) is 0 Å². The molecular formula is C12H14N2O2. The molecule has 4 nitrogen and oxygen atoms in total. The van der Waals surface area contributed by atoms with Crippen molar-refractivity contribution in [3.8, 4) is 5.75 Å². The lowest BCUT2D eigenvalue weighted by Gasteiger charge is -2.08. The van der Waals surface area contributed by atoms with Crippen LogP contribution in [-0.2, 0) is 6.42 Å². The third kappa shape index (κ3) is 1.84. The van der Waals surface area contributed by atoms with Crippen LogP contribution in [0, 0.1) is 6.92 Å². The fraction of sp³-hybridized carbons (Fsp3) is 0.333. The number of nitrogens with zero attached hydrogens (tertiary/aromatic N) is 2. The van der Waals surface area contributed by atoms with Crippen molar-refractivity contribution in [3.63, 3.8) is 0 Å². The van der Waals surface area contributed by atoms with E-state index in [9.17, 15) is 0 Å². The number of fused-ring (bicyclic) bond motifs is 1. The first-order valence-electron chi connectivity index (χ1n) is 5.17. The van der Waals surface area contributed by atoms with Gasteiger partial charge in [0.1, 0.15) is 17.1 Å². The molecule has 1 N–H and O–H groups in total. The van der Waals surface area contributed by atoms with Gasteiger partial charge in [-0.2, -0.15) is 0 Å². The van der Waals surface area contributed by atoms with Gasteiger partial charge in [0.15, 0.2) is 0 Å². The monoisotopic (exact) mass is 218 g/mol. The minimum atomic E-state index is 0.0557. The van der Waals surface area contributed by atoms with Crippen LogP contribution in [0.5, 0.6) is 5.75 Å². The molecule has 0 radical (unpaired) electrons. The van der Waals surface area contributed by atoms with Crippen LogP contribution >= 0.6 is 0 Å². The highest BCUT2D eigenvalue weighted by atomic mass is 16.5. The normalized spacial score (nSPS) is 10.7. The van der Waals surface area contributed by atoms with E-state index in [1.807, 2.05) is 25.1 Å². The molecule has 1 heterocycles. The molecule has 0 spiro atoms. The molecule has 0 atom stereocenters. The quantitative estimate of drug-likeness (QED) is 0.847. The van der Waals surface area contributed by atoms with Gasteiger partial charge in [-0.15, -0.1) is 0 Å². The Morgan fingerprint density at radius 2 is 2.12 bits per heavy atom. The number of hydrogen-bond donors (Lipinski definition) is 1. The summed E-state index contributed by atoms with van der Waals surface area (Å²) in [6, 6.07) is 5.76. The van der Waals surface area contributed by atoms with Crippen molar-refractivity contribution in [2.24, 2.45) is 0 Å². The zero-order valence-electron chi connectivity index (χ0n) is 9.40. The van der Waals surface area contributed by atoms with Gasteiger partial charge in [-0.1, -0.05) is 12.1 Å². The molecular weight excluding hydrogens is 204 g/mol. The molecule has 84 valence electrons. The van der Waals surface area contributed by atoms with Gasteiger partial charge >= 0.3 is 0 Å². The van der Waals surface area contributed by atoms with Crippen LogP contribution < -0.4 is 4.74 Å². The van der Waals surface area contributed by atoms with Crippen LogP contribution in [0.4, 0.5) is 0 Å². The van der Waals surface area contributed by atoms with Crippen molar-refractivity contribution < 1.29 is 9.84 Å². The topological polar surface area (TPSA) is 55.2 Å². The zero-order valence-corrected chi connectivity index (χ0v) is 9.40. The van der Waals surface area contributed by atoms with E-state index in [0.717, 1.165) is 22.3 Å². The third-order valence-corrected chi connectivity index (χ3v) is 2.48. The maximum atomic E-state index is 8.90. The fourth-order valence-electron chi connectivity index (χ4n) is 1.71. The van der Waals surface area contributed by atoms with Crippen molar-refractivity contribution in [2.45, 2.75) is 13.3 Å². The van der Waals surface area contributed by atoms with Crippen molar-refractivity contribution >= 4 is 10.9 Å². The van der Waals surface area contributed by atoms with Gasteiger partial charge < -0.3 is 9.84 Å². The SMILES string of the molecule is COc1cccc2c(C)nc(CCO)nc12. The number of aliphatic hydroxyl groups is 1. The maximum Gasteiger partial charge on any atom is 0.145 e. The van der Waals surface area contributed by atoms with E-state index in [4.69, 9.17) is 9.84 Å². The molecule has 4 heteroatoms. The number of para-hydroxylation sites is 1. The highest BCUT2D eigenvalue weighted by Gasteiger charge is 2.08. The molecule has 0 bridgehead atoms. The van der Waals surface area contributed by atoms with Gasteiger partial charge in [-0.05, 0) is 13.0 Å². The molecule has 0 aliphatic heterocycles. The standard InChI is InChI=1S/C12H14N2O2/c1-8-9-4-3-5-10(16-2)12(9)14-11(13-8)6-7-15/h3-5,15H,6-7H2,1-2H3. The van der Waals surface area contributed by atoms with Crippen molar-refractivity contribution in [3.05, 3.63) is 29.7 Å². The van der Waals surface area contributed by atoms with Gasteiger partial charge in [0.25, 0.3) is 0 Å². The number of hydrogen-bond acceptors (Lipinski definition) is 4. The van der Waals surface area contributed by atoms with Gasteiger partial charge in [-0.3, -0.25) is 0 Å². The first-order chi connectivity index (χ1) is 7.76. The summed E-state index contributed by atoms with van der Waals surface area (Å²) in [5, 5.41) is 9.88. The van der Waals surface area contributed by atoms with Crippen LogP contribution in [0.25, 0.3) is 10.9 Å². The van der Waals surface area contributed by atoms with Crippen molar-refractivity contribution in [1.29, 1.82) is 0 Å². The number of ether oxygens (including phenoxy) is 1. The van der Waals surface area contributed by atoms with Gasteiger partial charge in [-0.25, -0.2) is 9.97 Å². The second-order valence-electron chi connectivity index (χ2n) is 3.56. The number of aryl methyl sites for hydroxylation is 1. The molecule has 0 aliphatic rings. The van der Waals surface area contributed by atoms with Gasteiger partial charge in [0.05, 0.1) is 13.7 Å². The van der Waals surface area contributed by atoms with E-state index < -0.39 is 0 Å². The minimum absolute atomic E-state index is 0.0557. The average Bonchev–Trinajstić information content (AvgIpc) is 2.29. The Morgan fingerprint density at radius 1 is 1.31 bits per heavy atom. The summed E-state index contributed by atoms with van der Waals surface area (Å²) in [4.78, 5) is 8.74. The molecule has 1 aromatic carbocycles. The number of rotatable bonds is 3. The lowest BCUT2D eigenvalue weighted by atomic mass is 10.2. The lowest BCUT2D eigenvalue weighted by molar-refractivity contribution is 0.296. The van der Waals surface area contributed by atoms with Crippen molar-refractivity contribution in [2.75, 3.05) is 13.7 Å². The number of methoxy groups -OCH3 is 1. The van der Waals surface area contributed by atoms with Crippen LogP contribution in [0.3, 0.4) is 0 Å². The first kappa shape index (κ1) is 10.8. The Bertz CT molecular complexity index is 512. The van der Waals surface area contributed by atoms with Crippen LogP contribution in [0.2, 0.25) is 0 Å². The molecule has 0 fully saturated rings. The second-order valence-corrected chi connectivity index (χ2v) is 3.56. The Kier molecular flexibility index (Phi) is 3.01. The third-order valence-electron chi connectivity index (χ3n) is 2.48. The predicted molar refractivity (Wildman–Crippen MR) is 61.6 cm³/mol. The summed E-state index contributed by atoms with van der Waals surface area (Å²) in [6.45, 7) is 1.99. The summed E-state index contributed by atoms with van der Waals surface area (Å²) < 4.78 is 5.26. The molecule has 2 rings (SSSR count). The van der Waals surface area contributed by atoms with Crippen molar-refractivity contribution in [1.82, 2.24) is 9.97 Å². The number of aliphatic hydroxyl groups excluding tert-OH is 1. The highest BCUT2D eigenvalue weighted by molar-refractivity contribution is 5.86. The van der Waals surface area contributed by atoms with E-state index >= 15 is 0 Å². The predicted octanol–water partition coefficient (Wildman–Crippen LogP) is 1.48. The maximum absolute atomic E-state index is 8.90. The molecule has 0 aliphatic carbocycles. The van der Waals surface area contributed by atoms with Crippen LogP contribution in [0.1, 0.15) is 11.5 Å². The molecule has 0 saturated heterocycles. The Hall–Kier alpha value is -1.68. The highest BCUT2D eigenvalue weighted by Crippen LogP contribution is 2.24. The Morgan fingerprint density at radius 3 is 2.81 bits per heavy atom. The molecule has 16 heavy (non-hydrogen) atoms. The zero-order chi connectivity index (χ0) is 11.5. The second kappa shape index (κ2) is 4.45.